The fourth-order valence-corrected chi connectivity index (χ4v) is 1.28. The number of nitrogens with zero attached hydrogens (tertiary/aromatic N) is 1. The Morgan fingerprint density at radius 2 is 1.00 bits per heavy atom. The third-order valence-corrected chi connectivity index (χ3v) is 1.84. The van der Waals surface area contributed by atoms with E-state index in [1.54, 1.807) is 0 Å². The van der Waals surface area contributed by atoms with Crippen LogP contribution in [0.3, 0.4) is 0 Å². The van der Waals surface area contributed by atoms with Crippen molar-refractivity contribution in [3.8, 4) is 0 Å². The number of rotatable bonds is 7. The number of hydrogen-bond donors (Lipinski definition) is 1. The van der Waals surface area contributed by atoms with Crippen LogP contribution in [0.15, 0.2) is 0 Å². The highest BCUT2D eigenvalue weighted by Gasteiger charge is 1.98. The molecule has 0 bridgehead atoms. The molecule has 0 rings (SSSR count). The second kappa shape index (κ2) is 15.4. The van der Waals surface area contributed by atoms with Gasteiger partial charge in [-0.25, -0.2) is 0 Å². The van der Waals surface area contributed by atoms with Gasteiger partial charge in [0.25, 0.3) is 0 Å². The van der Waals surface area contributed by atoms with E-state index in [4.69, 9.17) is 5.11 Å². The van der Waals surface area contributed by atoms with Crippen molar-refractivity contribution in [3.63, 3.8) is 0 Å². The van der Waals surface area contributed by atoms with Crippen molar-refractivity contribution in [2.45, 2.75) is 53.4 Å². The quantitative estimate of drug-likeness (QED) is 0.687. The maximum absolute atomic E-state index is 7.88. The molecule has 88 valence electrons. The van der Waals surface area contributed by atoms with Gasteiger partial charge in [0.1, 0.15) is 0 Å². The molecule has 0 aliphatic heterocycles. The average molecular weight is 203 g/mol. The van der Waals surface area contributed by atoms with Crippen LogP contribution in [-0.2, 0) is 0 Å². The largest absolute Gasteiger partial charge is 0.396 e. The molecule has 0 aromatic heterocycles. The third kappa shape index (κ3) is 14.4. The Hall–Kier alpha value is -0.0800. The van der Waals surface area contributed by atoms with Crippen LogP contribution in [0.25, 0.3) is 0 Å². The summed E-state index contributed by atoms with van der Waals surface area (Å²) >= 11 is 0. The Labute approximate surface area is 90.3 Å². The predicted molar refractivity (Wildman–Crippen MR) is 64.7 cm³/mol. The smallest absolute Gasteiger partial charge is 0.0428 e. The SMILES string of the molecule is CCCN(CCC)CCC.CCCO. The molecule has 0 atom stereocenters. The van der Waals surface area contributed by atoms with E-state index in [0.29, 0.717) is 6.61 Å². The molecule has 2 nitrogen and oxygen atoms in total. The fraction of sp³-hybridized carbons (Fsp3) is 1.00. The minimum absolute atomic E-state index is 0.319. The highest BCUT2D eigenvalue weighted by Crippen LogP contribution is 1.94. The Kier molecular flexibility index (Phi) is 18.0. The number of hydrogen-bond acceptors (Lipinski definition) is 2. The van der Waals surface area contributed by atoms with Crippen molar-refractivity contribution in [2.24, 2.45) is 0 Å². The predicted octanol–water partition coefficient (Wildman–Crippen LogP) is 2.91. The molecule has 1 N–H and O–H groups in total. The summed E-state index contributed by atoms with van der Waals surface area (Å²) in [7, 11) is 0. The molecule has 0 aromatic carbocycles. The van der Waals surface area contributed by atoms with E-state index in [1.807, 2.05) is 6.92 Å². The first-order valence-electron chi connectivity index (χ1n) is 6.09. The van der Waals surface area contributed by atoms with Gasteiger partial charge in [0.2, 0.25) is 0 Å². The highest BCUT2D eigenvalue weighted by molar-refractivity contribution is 4.53. The summed E-state index contributed by atoms with van der Waals surface area (Å²) in [6.07, 6.45) is 4.75. The molecule has 0 aromatic rings. The zero-order valence-corrected chi connectivity index (χ0v) is 10.6. The van der Waals surface area contributed by atoms with Crippen LogP contribution in [0, 0.1) is 0 Å². The summed E-state index contributed by atoms with van der Waals surface area (Å²) < 4.78 is 0. The van der Waals surface area contributed by atoms with Crippen LogP contribution in [-0.4, -0.2) is 36.2 Å². The summed E-state index contributed by atoms with van der Waals surface area (Å²) in [6, 6.07) is 0. The molecular formula is C12H29NO. The van der Waals surface area contributed by atoms with Crippen LogP contribution in [0.5, 0.6) is 0 Å². The minimum atomic E-state index is 0.319. The monoisotopic (exact) mass is 203 g/mol. The Balaban J connectivity index is 0. The summed E-state index contributed by atoms with van der Waals surface area (Å²) in [5, 5.41) is 7.88. The molecule has 0 saturated heterocycles. The van der Waals surface area contributed by atoms with Crippen molar-refractivity contribution in [3.05, 3.63) is 0 Å². The normalized spacial score (nSPS) is 9.86. The molecule has 0 radical (unpaired) electrons. The molecule has 0 spiro atoms. The van der Waals surface area contributed by atoms with Gasteiger partial charge in [-0.1, -0.05) is 27.7 Å². The maximum atomic E-state index is 7.88. The van der Waals surface area contributed by atoms with Crippen LogP contribution in [0.4, 0.5) is 0 Å². The van der Waals surface area contributed by atoms with E-state index >= 15 is 0 Å². The van der Waals surface area contributed by atoms with Gasteiger partial charge in [0, 0.05) is 6.61 Å². The maximum Gasteiger partial charge on any atom is 0.0428 e. The lowest BCUT2D eigenvalue weighted by atomic mass is 10.3. The van der Waals surface area contributed by atoms with Crippen LogP contribution < -0.4 is 0 Å². The molecule has 14 heavy (non-hydrogen) atoms. The summed E-state index contributed by atoms with van der Waals surface area (Å²) in [6.45, 7) is 12.8. The van der Waals surface area contributed by atoms with Gasteiger partial charge >= 0.3 is 0 Å². The Morgan fingerprint density at radius 1 is 0.714 bits per heavy atom. The van der Waals surface area contributed by atoms with E-state index in [0.717, 1.165) is 6.42 Å². The van der Waals surface area contributed by atoms with Gasteiger partial charge < -0.3 is 10.0 Å². The second-order valence-corrected chi connectivity index (χ2v) is 3.57. The molecule has 0 amide bonds. The lowest BCUT2D eigenvalue weighted by molar-refractivity contribution is 0.275. The van der Waals surface area contributed by atoms with E-state index < -0.39 is 0 Å². The van der Waals surface area contributed by atoms with Gasteiger partial charge in [-0.3, -0.25) is 0 Å². The van der Waals surface area contributed by atoms with Crippen LogP contribution in [0.2, 0.25) is 0 Å². The van der Waals surface area contributed by atoms with Crippen molar-refractivity contribution >= 4 is 0 Å². The Morgan fingerprint density at radius 3 is 1.14 bits per heavy atom. The summed E-state index contributed by atoms with van der Waals surface area (Å²) in [5.41, 5.74) is 0. The van der Waals surface area contributed by atoms with Gasteiger partial charge in [-0.05, 0) is 45.3 Å². The second-order valence-electron chi connectivity index (χ2n) is 3.57. The first kappa shape index (κ1) is 16.4. The zero-order chi connectivity index (χ0) is 11.2. The zero-order valence-electron chi connectivity index (χ0n) is 10.6. The van der Waals surface area contributed by atoms with Gasteiger partial charge in [-0.2, -0.15) is 0 Å². The first-order chi connectivity index (χ1) is 6.76. The molecule has 0 heterocycles. The van der Waals surface area contributed by atoms with Crippen molar-refractivity contribution in [1.29, 1.82) is 0 Å². The van der Waals surface area contributed by atoms with Gasteiger partial charge in [0.05, 0.1) is 0 Å². The van der Waals surface area contributed by atoms with E-state index in [9.17, 15) is 0 Å². The molecule has 0 aliphatic rings. The van der Waals surface area contributed by atoms with E-state index in [2.05, 4.69) is 25.7 Å². The van der Waals surface area contributed by atoms with Crippen LogP contribution in [0.1, 0.15) is 53.4 Å². The molecule has 2 heteroatoms. The lowest BCUT2D eigenvalue weighted by Crippen LogP contribution is -2.25. The Bertz CT molecular complexity index is 70.1. The molecule has 0 fully saturated rings. The van der Waals surface area contributed by atoms with E-state index in [-0.39, 0.29) is 0 Å². The van der Waals surface area contributed by atoms with Crippen LogP contribution >= 0.6 is 0 Å². The van der Waals surface area contributed by atoms with Gasteiger partial charge in [-0.15, -0.1) is 0 Å². The van der Waals surface area contributed by atoms with Gasteiger partial charge in [0.15, 0.2) is 0 Å². The standard InChI is InChI=1S/C9H21N.C3H8O/c1-4-7-10(8-5-2)9-6-3;1-2-3-4/h4-9H2,1-3H3;4H,2-3H2,1H3. The fourth-order valence-electron chi connectivity index (χ4n) is 1.28. The molecule has 0 unspecified atom stereocenters. The molecular weight excluding hydrogens is 174 g/mol. The summed E-state index contributed by atoms with van der Waals surface area (Å²) in [4.78, 5) is 2.54. The highest BCUT2D eigenvalue weighted by atomic mass is 16.2. The van der Waals surface area contributed by atoms with E-state index in [1.165, 1.54) is 38.9 Å². The average Bonchev–Trinajstić information content (AvgIpc) is 2.20. The van der Waals surface area contributed by atoms with Crippen molar-refractivity contribution in [2.75, 3.05) is 26.2 Å². The topological polar surface area (TPSA) is 23.5 Å². The molecule has 0 saturated carbocycles. The van der Waals surface area contributed by atoms with Crippen molar-refractivity contribution < 1.29 is 5.11 Å². The minimum Gasteiger partial charge on any atom is -0.396 e. The number of aliphatic hydroxyl groups excluding tert-OH is 1. The lowest BCUT2D eigenvalue weighted by Gasteiger charge is -2.19. The molecule has 0 aliphatic carbocycles. The summed E-state index contributed by atoms with van der Waals surface area (Å²) in [5.74, 6) is 0. The first-order valence-corrected chi connectivity index (χ1v) is 6.09. The number of aliphatic hydroxyl groups is 1. The third-order valence-electron chi connectivity index (χ3n) is 1.84. The van der Waals surface area contributed by atoms with Crippen molar-refractivity contribution in [1.82, 2.24) is 4.90 Å².